The maximum atomic E-state index is 7.11. The second-order valence-corrected chi connectivity index (χ2v) is 2.63. The Kier molecular flexibility index (Phi) is 4.37. The van der Waals surface area contributed by atoms with Crippen molar-refractivity contribution in [3.8, 4) is 0 Å². The molecule has 66 valence electrons. The van der Waals surface area contributed by atoms with E-state index in [0.29, 0.717) is 6.42 Å². The minimum Gasteiger partial charge on any atom is -0.387 e. The number of hydrogen-bond donors (Lipinski definition) is 2. The number of halogens is 1. The van der Waals surface area contributed by atoms with Gasteiger partial charge in [-0.2, -0.15) is 0 Å². The average Bonchev–Trinajstić information content (AvgIpc) is 1.93. The number of nitrogens with one attached hydrogen (secondary N) is 1. The number of rotatable bonds is 2. The Hall–Kier alpha value is -1.02. The van der Waals surface area contributed by atoms with Crippen molar-refractivity contribution in [1.82, 2.24) is 0 Å². The van der Waals surface area contributed by atoms with Gasteiger partial charge in [-0.3, -0.25) is 5.41 Å². The molecule has 0 fully saturated rings. The molecule has 0 aromatic heterocycles. The highest BCUT2D eigenvalue weighted by Crippen LogP contribution is 2.06. The highest BCUT2D eigenvalue weighted by molar-refractivity contribution is 5.85. The minimum absolute atomic E-state index is 0. The molecule has 3 heteroatoms. The fourth-order valence-corrected chi connectivity index (χ4v) is 1.01. The van der Waals surface area contributed by atoms with Gasteiger partial charge in [0, 0.05) is 6.42 Å². The lowest BCUT2D eigenvalue weighted by atomic mass is 10.1. The van der Waals surface area contributed by atoms with Crippen molar-refractivity contribution in [2.75, 3.05) is 0 Å². The van der Waals surface area contributed by atoms with Crippen molar-refractivity contribution in [3.63, 3.8) is 0 Å². The fraction of sp³-hybridized carbons (Fsp3) is 0.222. The summed E-state index contributed by atoms with van der Waals surface area (Å²) in [6, 6.07) is 7.97. The minimum atomic E-state index is 0. The summed E-state index contributed by atoms with van der Waals surface area (Å²) in [5.41, 5.74) is 7.61. The smallest absolute Gasteiger partial charge is 0.0950 e. The van der Waals surface area contributed by atoms with Gasteiger partial charge in [-0.15, -0.1) is 12.4 Å². The van der Waals surface area contributed by atoms with E-state index < -0.39 is 0 Å². The molecule has 0 amide bonds. The maximum Gasteiger partial charge on any atom is 0.0950 e. The summed E-state index contributed by atoms with van der Waals surface area (Å²) >= 11 is 0. The van der Waals surface area contributed by atoms with Crippen molar-refractivity contribution in [3.05, 3.63) is 35.4 Å². The number of aryl methyl sites for hydroxylation is 1. The van der Waals surface area contributed by atoms with Crippen LogP contribution in [0.5, 0.6) is 0 Å². The number of hydrogen-bond acceptors (Lipinski definition) is 1. The normalized spacial score (nSPS) is 8.75. The second-order valence-electron chi connectivity index (χ2n) is 2.63. The van der Waals surface area contributed by atoms with Gasteiger partial charge in [-0.25, -0.2) is 0 Å². The largest absolute Gasteiger partial charge is 0.387 e. The van der Waals surface area contributed by atoms with Gasteiger partial charge < -0.3 is 5.73 Å². The first-order valence-corrected chi connectivity index (χ1v) is 3.57. The fourth-order valence-electron chi connectivity index (χ4n) is 1.01. The van der Waals surface area contributed by atoms with Gasteiger partial charge in [-0.1, -0.05) is 24.3 Å². The summed E-state index contributed by atoms with van der Waals surface area (Å²) in [5, 5.41) is 7.11. The maximum absolute atomic E-state index is 7.11. The zero-order valence-electron chi connectivity index (χ0n) is 7.00. The van der Waals surface area contributed by atoms with E-state index in [1.807, 2.05) is 31.2 Å². The number of nitrogens with two attached hydrogens (primary N) is 1. The molecule has 0 spiro atoms. The molecule has 3 N–H and O–H groups in total. The van der Waals surface area contributed by atoms with E-state index in [2.05, 4.69) is 0 Å². The van der Waals surface area contributed by atoms with Crippen LogP contribution in [0.2, 0.25) is 0 Å². The number of amidine groups is 1. The van der Waals surface area contributed by atoms with Crippen LogP contribution < -0.4 is 5.73 Å². The van der Waals surface area contributed by atoms with E-state index in [-0.39, 0.29) is 18.2 Å². The molecule has 0 bridgehead atoms. The third-order valence-electron chi connectivity index (χ3n) is 1.64. The summed E-state index contributed by atoms with van der Waals surface area (Å²) in [6.07, 6.45) is 0.562. The molecule has 0 saturated carbocycles. The molecule has 0 aliphatic carbocycles. The van der Waals surface area contributed by atoms with Gasteiger partial charge in [0.25, 0.3) is 0 Å². The lowest BCUT2D eigenvalue weighted by molar-refractivity contribution is 1.21. The zero-order valence-corrected chi connectivity index (χ0v) is 7.82. The van der Waals surface area contributed by atoms with Crippen LogP contribution in [0.25, 0.3) is 0 Å². The van der Waals surface area contributed by atoms with Crippen LogP contribution in [0.1, 0.15) is 11.1 Å². The third-order valence-corrected chi connectivity index (χ3v) is 1.64. The third kappa shape index (κ3) is 2.93. The lowest BCUT2D eigenvalue weighted by Gasteiger charge is -2.02. The molecule has 0 radical (unpaired) electrons. The standard InChI is InChI=1S/C9H12N2.ClH/c1-7-4-2-3-5-8(7)6-9(10)11;/h2-5H,6H2,1H3,(H3,10,11);1H. The first-order chi connectivity index (χ1) is 5.20. The van der Waals surface area contributed by atoms with Gasteiger partial charge in [0.05, 0.1) is 5.84 Å². The Morgan fingerprint density at radius 1 is 1.42 bits per heavy atom. The summed E-state index contributed by atoms with van der Waals surface area (Å²) < 4.78 is 0. The molecule has 0 atom stereocenters. The van der Waals surface area contributed by atoms with Crippen LogP contribution in [-0.2, 0) is 6.42 Å². The molecule has 0 aliphatic rings. The van der Waals surface area contributed by atoms with Crippen molar-refractivity contribution >= 4 is 18.2 Å². The summed E-state index contributed by atoms with van der Waals surface area (Å²) in [6.45, 7) is 2.03. The molecule has 0 heterocycles. The van der Waals surface area contributed by atoms with E-state index >= 15 is 0 Å². The van der Waals surface area contributed by atoms with Crippen LogP contribution in [0, 0.1) is 12.3 Å². The van der Waals surface area contributed by atoms with Gasteiger partial charge in [-0.05, 0) is 18.1 Å². The van der Waals surface area contributed by atoms with Crippen LogP contribution in [0.4, 0.5) is 0 Å². The van der Waals surface area contributed by atoms with Crippen LogP contribution in [0.15, 0.2) is 24.3 Å². The van der Waals surface area contributed by atoms with E-state index in [9.17, 15) is 0 Å². The first kappa shape index (κ1) is 11.0. The lowest BCUT2D eigenvalue weighted by Crippen LogP contribution is -2.13. The molecule has 1 rings (SSSR count). The van der Waals surface area contributed by atoms with E-state index in [1.165, 1.54) is 5.56 Å². The van der Waals surface area contributed by atoms with Gasteiger partial charge in [0.1, 0.15) is 0 Å². The van der Waals surface area contributed by atoms with Crippen molar-refractivity contribution in [2.24, 2.45) is 5.73 Å². The number of benzene rings is 1. The predicted octanol–water partition coefficient (Wildman–Crippen LogP) is 1.90. The zero-order chi connectivity index (χ0) is 8.27. The molecule has 12 heavy (non-hydrogen) atoms. The Bertz CT molecular complexity index is 271. The monoisotopic (exact) mass is 184 g/mol. The van der Waals surface area contributed by atoms with Crippen molar-refractivity contribution < 1.29 is 0 Å². The SMILES string of the molecule is Cc1ccccc1CC(=N)N.Cl. The van der Waals surface area contributed by atoms with Gasteiger partial charge >= 0.3 is 0 Å². The van der Waals surface area contributed by atoms with E-state index in [1.54, 1.807) is 0 Å². The highest BCUT2D eigenvalue weighted by Gasteiger charge is 1.96. The molecule has 0 saturated heterocycles. The molecule has 0 aliphatic heterocycles. The first-order valence-electron chi connectivity index (χ1n) is 3.57. The molecular formula is C9H13ClN2. The van der Waals surface area contributed by atoms with E-state index in [4.69, 9.17) is 11.1 Å². The predicted molar refractivity (Wildman–Crippen MR) is 54.0 cm³/mol. The molecular weight excluding hydrogens is 172 g/mol. The van der Waals surface area contributed by atoms with Crippen molar-refractivity contribution in [1.29, 1.82) is 5.41 Å². The quantitative estimate of drug-likeness (QED) is 0.535. The van der Waals surface area contributed by atoms with Crippen LogP contribution in [0.3, 0.4) is 0 Å². The summed E-state index contributed by atoms with van der Waals surface area (Å²) in [7, 11) is 0. The Morgan fingerprint density at radius 2 is 2.00 bits per heavy atom. The van der Waals surface area contributed by atoms with Crippen LogP contribution >= 0.6 is 12.4 Å². The summed E-state index contributed by atoms with van der Waals surface area (Å²) in [4.78, 5) is 0. The Labute approximate surface area is 78.7 Å². The second kappa shape index (κ2) is 4.78. The van der Waals surface area contributed by atoms with Crippen LogP contribution in [-0.4, -0.2) is 5.84 Å². The Morgan fingerprint density at radius 3 is 2.50 bits per heavy atom. The van der Waals surface area contributed by atoms with Gasteiger partial charge in [0.2, 0.25) is 0 Å². The molecule has 1 aromatic rings. The van der Waals surface area contributed by atoms with Crippen molar-refractivity contribution in [2.45, 2.75) is 13.3 Å². The van der Waals surface area contributed by atoms with E-state index in [0.717, 1.165) is 5.56 Å². The summed E-state index contributed by atoms with van der Waals surface area (Å²) in [5.74, 6) is 0.222. The molecule has 0 unspecified atom stereocenters. The highest BCUT2D eigenvalue weighted by atomic mass is 35.5. The topological polar surface area (TPSA) is 49.9 Å². The molecule has 1 aromatic carbocycles. The molecule has 2 nitrogen and oxygen atoms in total. The average molecular weight is 185 g/mol. The Balaban J connectivity index is 0.00000121. The van der Waals surface area contributed by atoms with Gasteiger partial charge in [0.15, 0.2) is 0 Å².